The average Bonchev–Trinajstić information content (AvgIpc) is 3.85. The van der Waals surface area contributed by atoms with Crippen molar-refractivity contribution in [2.75, 3.05) is 4.90 Å². The molecule has 1 aromatic heterocycles. The van der Waals surface area contributed by atoms with Crippen LogP contribution < -0.4 is 10.2 Å². The summed E-state index contributed by atoms with van der Waals surface area (Å²) in [6.45, 7) is 0. The lowest BCUT2D eigenvalue weighted by Crippen LogP contribution is -2.56. The Hall–Kier alpha value is -4.00. The summed E-state index contributed by atoms with van der Waals surface area (Å²) in [5, 5.41) is 8.73. The SMILES string of the molecule is O=C(NC1CC(=O)N(c2ccc3c(cnn3-c3ccc(F)cc3)c2)[C@@]1(c1ccccc1)C1CC1)C1CC1. The second-order valence-electron chi connectivity index (χ2n) is 10.5. The lowest BCUT2D eigenvalue weighted by atomic mass is 9.78. The van der Waals surface area contributed by atoms with Crippen LogP contribution in [-0.4, -0.2) is 27.6 Å². The maximum Gasteiger partial charge on any atom is 0.230 e. The molecule has 7 heteroatoms. The fourth-order valence-corrected chi connectivity index (χ4v) is 6.15. The van der Waals surface area contributed by atoms with Gasteiger partial charge in [0.15, 0.2) is 0 Å². The second-order valence-corrected chi connectivity index (χ2v) is 10.5. The molecule has 1 aliphatic heterocycles. The molecule has 37 heavy (non-hydrogen) atoms. The number of fused-ring (bicyclic) bond motifs is 1. The van der Waals surface area contributed by atoms with E-state index in [0.717, 1.165) is 53.5 Å². The molecule has 6 nitrogen and oxygen atoms in total. The van der Waals surface area contributed by atoms with E-state index in [2.05, 4.69) is 22.5 Å². The molecule has 3 fully saturated rings. The first kappa shape index (κ1) is 22.2. The highest BCUT2D eigenvalue weighted by molar-refractivity contribution is 6.01. The lowest BCUT2D eigenvalue weighted by Gasteiger charge is -2.43. The smallest absolute Gasteiger partial charge is 0.230 e. The van der Waals surface area contributed by atoms with E-state index in [1.165, 1.54) is 12.1 Å². The van der Waals surface area contributed by atoms with E-state index in [4.69, 9.17) is 0 Å². The average molecular weight is 495 g/mol. The van der Waals surface area contributed by atoms with Gasteiger partial charge >= 0.3 is 0 Å². The number of aromatic nitrogens is 2. The van der Waals surface area contributed by atoms with Crippen molar-refractivity contribution in [3.63, 3.8) is 0 Å². The number of amides is 2. The topological polar surface area (TPSA) is 67.2 Å². The van der Waals surface area contributed by atoms with Crippen molar-refractivity contribution in [3.05, 3.63) is 90.4 Å². The van der Waals surface area contributed by atoms with Crippen LogP contribution in [0.15, 0.2) is 79.0 Å². The molecule has 2 aliphatic carbocycles. The standard InChI is InChI=1S/C30H27FN4O2/c31-23-10-12-24(13-11-23)35-26-15-14-25(16-20(26)18-32-35)34-28(36)17-27(33-29(37)19-6-7-19)30(34,22-8-9-22)21-4-2-1-3-5-21/h1-5,10-16,18-19,22,27H,6-9,17H2,(H,33,37)/t27?,30-/m0/s1. The molecule has 2 amide bonds. The van der Waals surface area contributed by atoms with Gasteiger partial charge in [0.05, 0.1) is 35.4 Å². The third kappa shape index (κ3) is 3.56. The summed E-state index contributed by atoms with van der Waals surface area (Å²) in [6.07, 6.45) is 5.92. The van der Waals surface area contributed by atoms with Crippen molar-refractivity contribution in [3.8, 4) is 5.69 Å². The monoisotopic (exact) mass is 494 g/mol. The zero-order valence-electron chi connectivity index (χ0n) is 20.3. The number of rotatable bonds is 6. The molecule has 2 atom stereocenters. The molecule has 186 valence electrons. The minimum absolute atomic E-state index is 0.0159. The summed E-state index contributed by atoms with van der Waals surface area (Å²) in [4.78, 5) is 28.7. The van der Waals surface area contributed by atoms with E-state index in [0.29, 0.717) is 0 Å². The number of hydrogen-bond acceptors (Lipinski definition) is 3. The Balaban J connectivity index is 1.34. The highest BCUT2D eigenvalue weighted by atomic mass is 19.1. The largest absolute Gasteiger partial charge is 0.350 e. The van der Waals surface area contributed by atoms with Gasteiger partial charge in [-0.25, -0.2) is 9.07 Å². The highest BCUT2D eigenvalue weighted by Gasteiger charge is 2.62. The van der Waals surface area contributed by atoms with E-state index in [-0.39, 0.29) is 41.9 Å². The molecule has 7 rings (SSSR count). The van der Waals surface area contributed by atoms with Crippen molar-refractivity contribution in [1.29, 1.82) is 0 Å². The first-order chi connectivity index (χ1) is 18.1. The van der Waals surface area contributed by atoms with E-state index in [1.54, 1.807) is 23.0 Å². The number of halogens is 1. The molecule has 3 aliphatic rings. The van der Waals surface area contributed by atoms with E-state index in [1.807, 2.05) is 41.3 Å². The third-order valence-corrected chi connectivity index (χ3v) is 8.11. The van der Waals surface area contributed by atoms with Crippen molar-refractivity contribution >= 4 is 28.4 Å². The van der Waals surface area contributed by atoms with E-state index < -0.39 is 5.54 Å². The number of nitrogens with one attached hydrogen (secondary N) is 1. The fourth-order valence-electron chi connectivity index (χ4n) is 6.15. The summed E-state index contributed by atoms with van der Waals surface area (Å²) in [6, 6.07) is 22.1. The molecule has 2 heterocycles. The Morgan fingerprint density at radius 3 is 2.38 bits per heavy atom. The number of nitrogens with zero attached hydrogens (tertiary/aromatic N) is 3. The molecule has 1 N–H and O–H groups in total. The van der Waals surface area contributed by atoms with Crippen molar-refractivity contribution < 1.29 is 14.0 Å². The molecular formula is C30H27FN4O2. The summed E-state index contributed by atoms with van der Waals surface area (Å²) < 4.78 is 15.2. The lowest BCUT2D eigenvalue weighted by molar-refractivity contribution is -0.123. The van der Waals surface area contributed by atoms with Crippen LogP contribution in [0.1, 0.15) is 37.7 Å². The minimum Gasteiger partial charge on any atom is -0.350 e. The Morgan fingerprint density at radius 1 is 0.946 bits per heavy atom. The molecule has 0 bridgehead atoms. The van der Waals surface area contributed by atoms with Gasteiger partial charge in [0.2, 0.25) is 11.8 Å². The Kier molecular flexibility index (Phi) is 4.96. The summed E-state index contributed by atoms with van der Waals surface area (Å²) in [7, 11) is 0. The van der Waals surface area contributed by atoms with Crippen molar-refractivity contribution in [2.45, 2.75) is 43.7 Å². The summed E-state index contributed by atoms with van der Waals surface area (Å²) in [5.41, 5.74) is 2.86. The van der Waals surface area contributed by atoms with Gasteiger partial charge in [-0.2, -0.15) is 5.10 Å². The quantitative estimate of drug-likeness (QED) is 0.406. The highest BCUT2D eigenvalue weighted by Crippen LogP contribution is 2.56. The van der Waals surface area contributed by atoms with Crippen LogP contribution in [0.25, 0.3) is 16.6 Å². The van der Waals surface area contributed by atoms with Crippen LogP contribution in [0, 0.1) is 17.7 Å². The first-order valence-electron chi connectivity index (χ1n) is 13.0. The second kappa shape index (κ2) is 8.26. The number of benzene rings is 3. The van der Waals surface area contributed by atoms with Gasteiger partial charge in [-0.1, -0.05) is 30.3 Å². The predicted molar refractivity (Wildman–Crippen MR) is 139 cm³/mol. The van der Waals surface area contributed by atoms with Crippen LogP contribution in [0.4, 0.5) is 10.1 Å². The molecule has 1 unspecified atom stereocenters. The zero-order valence-corrected chi connectivity index (χ0v) is 20.3. The molecular weight excluding hydrogens is 467 g/mol. The van der Waals surface area contributed by atoms with Gasteiger partial charge < -0.3 is 5.32 Å². The molecule has 0 radical (unpaired) electrons. The number of carbonyl (C=O) groups is 2. The van der Waals surface area contributed by atoms with Crippen LogP contribution >= 0.6 is 0 Å². The Bertz CT molecular complexity index is 1510. The van der Waals surface area contributed by atoms with Gasteiger partial charge in [-0.3, -0.25) is 14.5 Å². The molecule has 0 spiro atoms. The Labute approximate surface area is 214 Å². The predicted octanol–water partition coefficient (Wildman–Crippen LogP) is 5.10. The maximum absolute atomic E-state index is 13.8. The van der Waals surface area contributed by atoms with Gasteiger partial charge in [0, 0.05) is 17.0 Å². The third-order valence-electron chi connectivity index (χ3n) is 8.11. The summed E-state index contributed by atoms with van der Waals surface area (Å²) in [5.74, 6) is 0.128. The van der Waals surface area contributed by atoms with Crippen LogP contribution in [0.2, 0.25) is 0 Å². The molecule has 2 saturated carbocycles. The molecule has 3 aromatic carbocycles. The Morgan fingerprint density at radius 2 is 1.68 bits per heavy atom. The minimum atomic E-state index is -0.635. The van der Waals surface area contributed by atoms with Crippen molar-refractivity contribution in [1.82, 2.24) is 15.1 Å². The van der Waals surface area contributed by atoms with Crippen LogP contribution in [0.3, 0.4) is 0 Å². The number of carbonyl (C=O) groups excluding carboxylic acids is 2. The zero-order chi connectivity index (χ0) is 25.1. The molecule has 1 saturated heterocycles. The number of hydrogen-bond donors (Lipinski definition) is 1. The van der Waals surface area contributed by atoms with Gasteiger partial charge in [-0.05, 0) is 79.6 Å². The normalized spacial score (nSPS) is 23.5. The van der Waals surface area contributed by atoms with Crippen LogP contribution in [0.5, 0.6) is 0 Å². The van der Waals surface area contributed by atoms with E-state index >= 15 is 0 Å². The van der Waals surface area contributed by atoms with Gasteiger partial charge in [0.25, 0.3) is 0 Å². The van der Waals surface area contributed by atoms with E-state index in [9.17, 15) is 14.0 Å². The number of anilines is 1. The molecule has 4 aromatic rings. The fraction of sp³-hybridized carbons (Fsp3) is 0.300. The summed E-state index contributed by atoms with van der Waals surface area (Å²) >= 11 is 0. The van der Waals surface area contributed by atoms with Crippen molar-refractivity contribution in [2.24, 2.45) is 11.8 Å². The first-order valence-corrected chi connectivity index (χ1v) is 13.0. The maximum atomic E-state index is 13.8. The van der Waals surface area contributed by atoms with Gasteiger partial charge in [-0.15, -0.1) is 0 Å². The van der Waals surface area contributed by atoms with Gasteiger partial charge in [0.1, 0.15) is 5.82 Å². The van der Waals surface area contributed by atoms with Crippen LogP contribution in [-0.2, 0) is 15.1 Å².